The number of carboxylic acid groups (broad SMARTS) is 1. The summed E-state index contributed by atoms with van der Waals surface area (Å²) in [7, 11) is 0. The molecule has 0 aromatic heterocycles. The summed E-state index contributed by atoms with van der Waals surface area (Å²) >= 11 is 5.88. The number of carbonyl (C=O) groups is 2. The maximum absolute atomic E-state index is 12.2. The first-order chi connectivity index (χ1) is 9.43. The number of carbonyl (C=O) groups excluding carboxylic acids is 1. The SMILES string of the molecule is CCCC(N)CC(=O)N(CC(=O)O)c1cccc(Cl)c1. The van der Waals surface area contributed by atoms with Crippen LogP contribution < -0.4 is 10.6 Å². The molecule has 3 N–H and O–H groups in total. The van der Waals surface area contributed by atoms with Crippen LogP contribution in [0.1, 0.15) is 26.2 Å². The van der Waals surface area contributed by atoms with Crippen molar-refractivity contribution < 1.29 is 14.7 Å². The van der Waals surface area contributed by atoms with E-state index in [-0.39, 0.29) is 18.4 Å². The Hall–Kier alpha value is -1.59. The second-order valence-corrected chi connectivity index (χ2v) is 5.04. The van der Waals surface area contributed by atoms with Crippen LogP contribution >= 0.6 is 11.6 Å². The summed E-state index contributed by atoms with van der Waals surface area (Å²) in [5, 5.41) is 9.39. The fraction of sp³-hybridized carbons (Fsp3) is 0.429. The molecule has 1 aromatic carbocycles. The van der Waals surface area contributed by atoms with Crippen molar-refractivity contribution in [1.82, 2.24) is 0 Å². The van der Waals surface area contributed by atoms with Crippen molar-refractivity contribution >= 4 is 29.2 Å². The topological polar surface area (TPSA) is 83.6 Å². The fourth-order valence-electron chi connectivity index (χ4n) is 1.91. The van der Waals surface area contributed by atoms with Gasteiger partial charge in [-0.25, -0.2) is 0 Å². The van der Waals surface area contributed by atoms with Gasteiger partial charge in [0.15, 0.2) is 0 Å². The van der Waals surface area contributed by atoms with Crippen LogP contribution in [-0.2, 0) is 9.59 Å². The first-order valence-corrected chi connectivity index (χ1v) is 6.85. The lowest BCUT2D eigenvalue weighted by molar-refractivity contribution is -0.136. The van der Waals surface area contributed by atoms with Crippen molar-refractivity contribution in [3.8, 4) is 0 Å². The number of nitrogens with zero attached hydrogens (tertiary/aromatic N) is 1. The van der Waals surface area contributed by atoms with Gasteiger partial charge >= 0.3 is 5.97 Å². The van der Waals surface area contributed by atoms with Gasteiger partial charge in [-0.2, -0.15) is 0 Å². The monoisotopic (exact) mass is 298 g/mol. The molecule has 0 saturated carbocycles. The van der Waals surface area contributed by atoms with E-state index in [0.29, 0.717) is 10.7 Å². The standard InChI is InChI=1S/C14H19ClN2O3/c1-2-4-11(16)8-13(18)17(9-14(19)20)12-6-3-5-10(15)7-12/h3,5-7,11H,2,4,8-9,16H2,1H3,(H,19,20). The van der Waals surface area contributed by atoms with Crippen LogP contribution in [-0.4, -0.2) is 29.6 Å². The molecule has 1 aromatic rings. The average Bonchev–Trinajstić information content (AvgIpc) is 2.35. The van der Waals surface area contributed by atoms with Crippen molar-refractivity contribution in [2.24, 2.45) is 5.73 Å². The summed E-state index contributed by atoms with van der Waals surface area (Å²) in [4.78, 5) is 24.3. The Morgan fingerprint density at radius 2 is 2.15 bits per heavy atom. The average molecular weight is 299 g/mol. The van der Waals surface area contributed by atoms with E-state index in [1.165, 1.54) is 4.90 Å². The number of anilines is 1. The minimum absolute atomic E-state index is 0.119. The quantitative estimate of drug-likeness (QED) is 0.809. The van der Waals surface area contributed by atoms with Crippen LogP contribution in [0.2, 0.25) is 5.02 Å². The lowest BCUT2D eigenvalue weighted by Gasteiger charge is -2.22. The number of halogens is 1. The van der Waals surface area contributed by atoms with Gasteiger partial charge in [-0.15, -0.1) is 0 Å². The summed E-state index contributed by atoms with van der Waals surface area (Å²) in [5.41, 5.74) is 6.31. The molecular formula is C14H19ClN2O3. The number of rotatable bonds is 7. The van der Waals surface area contributed by atoms with Gasteiger partial charge in [0.2, 0.25) is 5.91 Å². The lowest BCUT2D eigenvalue weighted by Crippen LogP contribution is -2.39. The zero-order valence-corrected chi connectivity index (χ0v) is 12.1. The van der Waals surface area contributed by atoms with E-state index in [1.807, 2.05) is 6.92 Å². The number of aliphatic carboxylic acids is 1. The predicted octanol–water partition coefficient (Wildman–Crippen LogP) is 2.28. The number of benzene rings is 1. The minimum Gasteiger partial charge on any atom is -0.480 e. The first-order valence-electron chi connectivity index (χ1n) is 6.47. The van der Waals surface area contributed by atoms with Crippen molar-refractivity contribution in [2.45, 2.75) is 32.2 Å². The third kappa shape index (κ3) is 5.19. The van der Waals surface area contributed by atoms with Gasteiger partial charge in [-0.3, -0.25) is 9.59 Å². The van der Waals surface area contributed by atoms with Crippen LogP contribution in [0, 0.1) is 0 Å². The van der Waals surface area contributed by atoms with E-state index in [9.17, 15) is 9.59 Å². The molecule has 20 heavy (non-hydrogen) atoms. The molecule has 5 nitrogen and oxygen atoms in total. The Morgan fingerprint density at radius 3 is 2.70 bits per heavy atom. The second kappa shape index (κ2) is 7.87. The van der Waals surface area contributed by atoms with Gasteiger partial charge in [0.25, 0.3) is 0 Å². The molecular weight excluding hydrogens is 280 g/mol. The molecule has 0 aliphatic heterocycles. The summed E-state index contributed by atoms with van der Waals surface area (Å²) in [5.74, 6) is -1.39. The third-order valence-electron chi connectivity index (χ3n) is 2.81. The highest BCUT2D eigenvalue weighted by molar-refractivity contribution is 6.30. The van der Waals surface area contributed by atoms with E-state index in [4.69, 9.17) is 22.4 Å². The van der Waals surface area contributed by atoms with E-state index < -0.39 is 12.5 Å². The van der Waals surface area contributed by atoms with Crippen LogP contribution in [0.25, 0.3) is 0 Å². The van der Waals surface area contributed by atoms with E-state index in [1.54, 1.807) is 24.3 Å². The maximum atomic E-state index is 12.2. The number of hydrogen-bond acceptors (Lipinski definition) is 3. The van der Waals surface area contributed by atoms with Gasteiger partial charge in [0.1, 0.15) is 6.54 Å². The van der Waals surface area contributed by atoms with Crippen LogP contribution in [0.3, 0.4) is 0 Å². The largest absolute Gasteiger partial charge is 0.480 e. The van der Waals surface area contributed by atoms with Crippen LogP contribution in [0.5, 0.6) is 0 Å². The molecule has 110 valence electrons. The predicted molar refractivity (Wildman–Crippen MR) is 78.9 cm³/mol. The minimum atomic E-state index is -1.08. The summed E-state index contributed by atoms with van der Waals surface area (Å²) < 4.78 is 0. The van der Waals surface area contributed by atoms with E-state index in [2.05, 4.69) is 0 Å². The number of carboxylic acids is 1. The van der Waals surface area contributed by atoms with Crippen LogP contribution in [0.15, 0.2) is 24.3 Å². The van der Waals surface area contributed by atoms with E-state index >= 15 is 0 Å². The smallest absolute Gasteiger partial charge is 0.323 e. The Bertz CT molecular complexity index is 479. The van der Waals surface area contributed by atoms with E-state index in [0.717, 1.165) is 12.8 Å². The Morgan fingerprint density at radius 1 is 1.45 bits per heavy atom. The molecule has 6 heteroatoms. The molecule has 0 fully saturated rings. The molecule has 0 radical (unpaired) electrons. The Balaban J connectivity index is 2.89. The Labute approximate surface area is 123 Å². The van der Waals surface area contributed by atoms with Crippen molar-refractivity contribution in [3.63, 3.8) is 0 Å². The van der Waals surface area contributed by atoms with Crippen molar-refractivity contribution in [1.29, 1.82) is 0 Å². The molecule has 1 amide bonds. The summed E-state index contributed by atoms with van der Waals surface area (Å²) in [6.07, 6.45) is 1.72. The van der Waals surface area contributed by atoms with Gasteiger partial charge in [-0.1, -0.05) is 31.0 Å². The zero-order chi connectivity index (χ0) is 15.1. The van der Waals surface area contributed by atoms with Crippen molar-refractivity contribution in [3.05, 3.63) is 29.3 Å². The van der Waals surface area contributed by atoms with Crippen LogP contribution in [0.4, 0.5) is 5.69 Å². The molecule has 1 unspecified atom stereocenters. The number of nitrogens with two attached hydrogens (primary N) is 1. The normalized spacial score (nSPS) is 11.9. The molecule has 0 bridgehead atoms. The number of amides is 1. The van der Waals surface area contributed by atoms with Gasteiger partial charge in [0.05, 0.1) is 0 Å². The molecule has 0 heterocycles. The zero-order valence-electron chi connectivity index (χ0n) is 11.4. The van der Waals surface area contributed by atoms with Crippen molar-refractivity contribution in [2.75, 3.05) is 11.4 Å². The summed E-state index contributed by atoms with van der Waals surface area (Å²) in [6, 6.07) is 6.29. The Kier molecular flexibility index (Phi) is 6.48. The molecule has 0 spiro atoms. The van der Waals surface area contributed by atoms with Gasteiger partial charge in [0, 0.05) is 23.2 Å². The third-order valence-corrected chi connectivity index (χ3v) is 3.05. The summed E-state index contributed by atoms with van der Waals surface area (Å²) in [6.45, 7) is 1.58. The van der Waals surface area contributed by atoms with Gasteiger partial charge in [-0.05, 0) is 24.6 Å². The first kappa shape index (κ1) is 16.5. The molecule has 0 aliphatic rings. The molecule has 0 aliphatic carbocycles. The maximum Gasteiger partial charge on any atom is 0.323 e. The molecule has 1 rings (SSSR count). The highest BCUT2D eigenvalue weighted by Gasteiger charge is 2.21. The van der Waals surface area contributed by atoms with Gasteiger partial charge < -0.3 is 15.7 Å². The number of hydrogen-bond donors (Lipinski definition) is 2. The second-order valence-electron chi connectivity index (χ2n) is 4.61. The fourth-order valence-corrected chi connectivity index (χ4v) is 2.09. The molecule has 0 saturated heterocycles. The highest BCUT2D eigenvalue weighted by atomic mass is 35.5. The lowest BCUT2D eigenvalue weighted by atomic mass is 10.1. The highest BCUT2D eigenvalue weighted by Crippen LogP contribution is 2.20. The molecule has 1 atom stereocenters.